The van der Waals surface area contributed by atoms with Gasteiger partial charge >= 0.3 is 6.09 Å². The molecular weight excluding hydrogens is 588 g/mol. The molecule has 0 radical (unpaired) electrons. The SMILES string of the molecule is CC(C)CCCC(C)[C@H]1CCC2C3C[C@@H](NCCc4cnc[nH]4)[C@@]4(O)C[C@@H](OC(=O)NCCc5cnc[nH]5)CC[C@]4(C)C3CC[C@@]21C. The zero-order valence-electron chi connectivity index (χ0n) is 29.7. The smallest absolute Gasteiger partial charge is 0.407 e. The van der Waals surface area contributed by atoms with E-state index in [1.54, 1.807) is 18.9 Å². The maximum absolute atomic E-state index is 13.0. The highest BCUT2D eigenvalue weighted by atomic mass is 16.6. The molecule has 4 unspecified atom stereocenters. The number of fused-ring (bicyclic) bond motifs is 5. The molecule has 2 heterocycles. The lowest BCUT2D eigenvalue weighted by atomic mass is 9.42. The zero-order valence-corrected chi connectivity index (χ0v) is 29.7. The summed E-state index contributed by atoms with van der Waals surface area (Å²) < 4.78 is 6.01. The molecule has 9 heteroatoms. The summed E-state index contributed by atoms with van der Waals surface area (Å²) >= 11 is 0. The van der Waals surface area contributed by atoms with Crippen LogP contribution >= 0.6 is 0 Å². The third-order valence-electron chi connectivity index (χ3n) is 13.9. The van der Waals surface area contributed by atoms with E-state index in [1.807, 2.05) is 6.20 Å². The number of nitrogens with zero attached hydrogens (tertiary/aromatic N) is 2. The van der Waals surface area contributed by atoms with Gasteiger partial charge in [-0.2, -0.15) is 0 Å². The number of hydrogen-bond acceptors (Lipinski definition) is 6. The Morgan fingerprint density at radius 1 is 0.979 bits per heavy atom. The van der Waals surface area contributed by atoms with E-state index in [2.05, 4.69) is 65.2 Å². The van der Waals surface area contributed by atoms with Crippen LogP contribution in [-0.2, 0) is 17.6 Å². The third kappa shape index (κ3) is 6.90. The van der Waals surface area contributed by atoms with Gasteiger partial charge in [0.2, 0.25) is 0 Å². The Labute approximate surface area is 282 Å². The number of alkyl carbamates (subject to hydrolysis) is 1. The number of aromatic nitrogens is 4. The molecule has 4 saturated carbocycles. The van der Waals surface area contributed by atoms with E-state index in [0.29, 0.717) is 42.6 Å². The van der Waals surface area contributed by atoms with Crippen LogP contribution in [0, 0.1) is 46.3 Å². The topological polar surface area (TPSA) is 128 Å². The molecule has 4 aliphatic carbocycles. The summed E-state index contributed by atoms with van der Waals surface area (Å²) in [6.45, 7) is 13.5. The van der Waals surface area contributed by atoms with Crippen LogP contribution in [0.5, 0.6) is 0 Å². The Hall–Kier alpha value is -2.39. The number of imidazole rings is 2. The summed E-state index contributed by atoms with van der Waals surface area (Å²) in [6, 6.07) is -0.0450. The minimum Gasteiger partial charge on any atom is -0.446 e. The van der Waals surface area contributed by atoms with Crippen LogP contribution in [0.25, 0.3) is 0 Å². The van der Waals surface area contributed by atoms with Crippen molar-refractivity contribution in [1.29, 1.82) is 0 Å². The molecule has 6 rings (SSSR count). The number of carbonyl (C=O) groups is 1. The van der Waals surface area contributed by atoms with Crippen LogP contribution in [0.4, 0.5) is 4.79 Å². The molecule has 0 saturated heterocycles. The first-order chi connectivity index (χ1) is 22.5. The first-order valence-corrected chi connectivity index (χ1v) is 18.9. The molecule has 0 aliphatic heterocycles. The maximum Gasteiger partial charge on any atom is 0.407 e. The second-order valence-corrected chi connectivity index (χ2v) is 16.8. The molecule has 1 amide bonds. The number of aromatic amines is 2. The third-order valence-corrected chi connectivity index (χ3v) is 13.9. The molecule has 10 atom stereocenters. The number of amides is 1. The fourth-order valence-electron chi connectivity index (χ4n) is 11.4. The molecule has 4 fully saturated rings. The average Bonchev–Trinajstić information content (AvgIpc) is 3.80. The van der Waals surface area contributed by atoms with E-state index in [9.17, 15) is 9.90 Å². The van der Waals surface area contributed by atoms with Crippen LogP contribution in [0.15, 0.2) is 25.0 Å². The minimum atomic E-state index is -0.947. The van der Waals surface area contributed by atoms with E-state index in [-0.39, 0.29) is 17.6 Å². The highest BCUT2D eigenvalue weighted by Gasteiger charge is 2.67. The van der Waals surface area contributed by atoms with E-state index in [1.165, 1.54) is 44.9 Å². The number of H-pyrrole nitrogens is 2. The lowest BCUT2D eigenvalue weighted by Gasteiger charge is -2.66. The van der Waals surface area contributed by atoms with Gasteiger partial charge in [0.15, 0.2) is 0 Å². The van der Waals surface area contributed by atoms with E-state index in [4.69, 9.17) is 4.74 Å². The first-order valence-electron chi connectivity index (χ1n) is 18.9. The second-order valence-electron chi connectivity index (χ2n) is 16.8. The molecule has 0 aromatic carbocycles. The van der Waals surface area contributed by atoms with Crippen molar-refractivity contribution >= 4 is 6.09 Å². The Morgan fingerprint density at radius 2 is 1.70 bits per heavy atom. The zero-order chi connectivity index (χ0) is 33.2. The van der Waals surface area contributed by atoms with Gasteiger partial charge in [0, 0.05) is 67.6 Å². The van der Waals surface area contributed by atoms with Gasteiger partial charge in [0.05, 0.1) is 18.3 Å². The van der Waals surface area contributed by atoms with Gasteiger partial charge in [0.25, 0.3) is 0 Å². The Balaban J connectivity index is 1.17. The van der Waals surface area contributed by atoms with Gasteiger partial charge in [-0.25, -0.2) is 14.8 Å². The molecule has 0 bridgehead atoms. The van der Waals surface area contributed by atoms with Gasteiger partial charge in [0.1, 0.15) is 6.10 Å². The normalized spacial score (nSPS) is 37.2. The van der Waals surface area contributed by atoms with Crippen LogP contribution in [0.1, 0.15) is 117 Å². The van der Waals surface area contributed by atoms with E-state index in [0.717, 1.165) is 61.4 Å². The van der Waals surface area contributed by atoms with E-state index < -0.39 is 11.7 Å². The highest BCUT2D eigenvalue weighted by molar-refractivity contribution is 5.67. The van der Waals surface area contributed by atoms with Gasteiger partial charge in [-0.15, -0.1) is 0 Å². The first kappa shape index (κ1) is 34.5. The van der Waals surface area contributed by atoms with Crippen LogP contribution in [0.3, 0.4) is 0 Å². The Bertz CT molecular complexity index is 1280. The van der Waals surface area contributed by atoms with Gasteiger partial charge in [-0.05, 0) is 85.9 Å². The number of nitrogens with one attached hydrogen (secondary N) is 4. The van der Waals surface area contributed by atoms with Crippen molar-refractivity contribution in [3.63, 3.8) is 0 Å². The van der Waals surface area contributed by atoms with E-state index >= 15 is 0 Å². The maximum atomic E-state index is 13.0. The second kappa shape index (κ2) is 14.2. The lowest BCUT2D eigenvalue weighted by molar-refractivity contribution is -0.233. The van der Waals surface area contributed by atoms with Crippen molar-refractivity contribution in [2.45, 2.75) is 136 Å². The number of rotatable bonds is 13. The van der Waals surface area contributed by atoms with Crippen LogP contribution in [-0.4, -0.2) is 62.0 Å². The Kier molecular flexibility index (Phi) is 10.4. The van der Waals surface area contributed by atoms with Crippen molar-refractivity contribution in [1.82, 2.24) is 30.6 Å². The fraction of sp³-hybridized carbons (Fsp3) is 0.816. The summed E-state index contributed by atoms with van der Waals surface area (Å²) in [6.07, 6.45) is 20.2. The van der Waals surface area contributed by atoms with Crippen molar-refractivity contribution in [2.75, 3.05) is 13.1 Å². The van der Waals surface area contributed by atoms with Crippen LogP contribution in [0.2, 0.25) is 0 Å². The van der Waals surface area contributed by atoms with Crippen molar-refractivity contribution < 1.29 is 14.6 Å². The van der Waals surface area contributed by atoms with Crippen molar-refractivity contribution in [2.24, 2.45) is 46.3 Å². The van der Waals surface area contributed by atoms with Crippen LogP contribution < -0.4 is 10.6 Å². The number of carbonyl (C=O) groups excluding carboxylic acids is 1. The summed E-state index contributed by atoms with van der Waals surface area (Å²) in [4.78, 5) is 27.4. The highest BCUT2D eigenvalue weighted by Crippen LogP contribution is 2.69. The predicted molar refractivity (Wildman–Crippen MR) is 185 cm³/mol. The summed E-state index contributed by atoms with van der Waals surface area (Å²) in [5, 5.41) is 19.8. The summed E-state index contributed by atoms with van der Waals surface area (Å²) in [5.41, 5.74) is 1.30. The van der Waals surface area contributed by atoms with Gasteiger partial charge < -0.3 is 30.4 Å². The minimum absolute atomic E-state index is 0.0450. The van der Waals surface area contributed by atoms with Crippen molar-refractivity contribution in [3.05, 3.63) is 36.4 Å². The summed E-state index contributed by atoms with van der Waals surface area (Å²) in [5.74, 6) is 4.18. The average molecular weight is 651 g/mol. The van der Waals surface area contributed by atoms with Crippen molar-refractivity contribution in [3.8, 4) is 0 Å². The number of aliphatic hydroxyl groups is 1. The van der Waals surface area contributed by atoms with Gasteiger partial charge in [-0.3, -0.25) is 0 Å². The number of hydrogen-bond donors (Lipinski definition) is 5. The number of ether oxygens (including phenoxy) is 1. The monoisotopic (exact) mass is 650 g/mol. The van der Waals surface area contributed by atoms with Gasteiger partial charge in [-0.1, -0.05) is 53.9 Å². The fourth-order valence-corrected chi connectivity index (χ4v) is 11.4. The molecule has 262 valence electrons. The lowest BCUT2D eigenvalue weighted by Crippen LogP contribution is -2.71. The quantitative estimate of drug-likeness (QED) is 0.162. The molecule has 2 aromatic rings. The molecule has 5 N–H and O–H groups in total. The summed E-state index contributed by atoms with van der Waals surface area (Å²) in [7, 11) is 0. The predicted octanol–water partition coefficient (Wildman–Crippen LogP) is 6.82. The molecule has 2 aromatic heterocycles. The Morgan fingerprint density at radius 3 is 2.38 bits per heavy atom. The molecule has 9 nitrogen and oxygen atoms in total. The molecule has 4 aliphatic rings. The molecule has 47 heavy (non-hydrogen) atoms. The molecular formula is C38H62N6O3. The molecule has 0 spiro atoms. The standard InChI is InChI=1S/C38H62N6O3/c1-25(2)7-6-8-26(3)31-9-10-32-30-19-34(41-17-13-27-21-39-23-43-27)38(46)20-29(47-35(45)42-18-14-28-22-40-24-44-28)11-16-37(38,5)33(30)12-15-36(31,32)4/h21-26,29-34,41,46H,6-20H2,1-5H3,(H,39,43)(H,40,44)(H,42,45)/t26?,29-,30?,31+,32?,33?,34+,36+,37+,38-/m0/s1. The largest absolute Gasteiger partial charge is 0.446 e.